The third kappa shape index (κ3) is 6.94. The summed E-state index contributed by atoms with van der Waals surface area (Å²) in [7, 11) is 5.09. The lowest BCUT2D eigenvalue weighted by Crippen LogP contribution is -2.36. The molecule has 0 aliphatic rings. The Labute approximate surface area is 175 Å². The van der Waals surface area contributed by atoms with Gasteiger partial charge in [0.15, 0.2) is 12.6 Å². The van der Waals surface area contributed by atoms with Crippen LogP contribution in [0.1, 0.15) is 11.1 Å². The van der Waals surface area contributed by atoms with Crippen LogP contribution in [0.25, 0.3) is 0 Å². The highest BCUT2D eigenvalue weighted by atomic mass is 35.5. The lowest BCUT2D eigenvalue weighted by atomic mass is 10.2. The first kappa shape index (κ1) is 21.9. The van der Waals surface area contributed by atoms with Gasteiger partial charge in [0.05, 0.1) is 0 Å². The van der Waals surface area contributed by atoms with Gasteiger partial charge in [-0.25, -0.2) is 0 Å². The largest absolute Gasteiger partial charge is 0.484 e. The lowest BCUT2D eigenvalue weighted by Gasteiger charge is -2.14. The monoisotopic (exact) mass is 422 g/mol. The Morgan fingerprint density at radius 1 is 1.11 bits per heavy atom. The van der Waals surface area contributed by atoms with Gasteiger partial charge in [-0.05, 0) is 35.4 Å². The second-order valence-corrected chi connectivity index (χ2v) is 7.08. The topological polar surface area (TPSA) is 66.0 Å². The Bertz CT molecular complexity index is 841. The summed E-state index contributed by atoms with van der Waals surface area (Å²) >= 11 is 12.1. The molecule has 0 heterocycles. The molecule has 2 rings (SSSR count). The van der Waals surface area contributed by atoms with Crippen molar-refractivity contribution < 1.29 is 9.53 Å². The molecule has 0 aliphatic carbocycles. The number of amides is 1. The van der Waals surface area contributed by atoms with Gasteiger partial charge in [-0.1, -0.05) is 41.4 Å². The van der Waals surface area contributed by atoms with E-state index in [9.17, 15) is 4.79 Å². The van der Waals surface area contributed by atoms with E-state index in [-0.39, 0.29) is 12.5 Å². The lowest BCUT2D eigenvalue weighted by molar-refractivity contribution is -0.130. The van der Waals surface area contributed by atoms with Gasteiger partial charge >= 0.3 is 0 Å². The first-order valence-corrected chi connectivity index (χ1v) is 9.45. The van der Waals surface area contributed by atoms with Crippen LogP contribution >= 0.6 is 23.2 Å². The summed E-state index contributed by atoms with van der Waals surface area (Å²) in [6.07, 6.45) is 0. The van der Waals surface area contributed by atoms with Crippen LogP contribution in [0.5, 0.6) is 5.75 Å². The van der Waals surface area contributed by atoms with Crippen molar-refractivity contribution in [3.05, 3.63) is 63.6 Å². The number of ether oxygens (including phenoxy) is 1. The molecule has 0 atom stereocenters. The molecule has 2 aromatic rings. The first-order chi connectivity index (χ1) is 13.4. The zero-order valence-corrected chi connectivity index (χ0v) is 17.6. The zero-order valence-electron chi connectivity index (χ0n) is 16.1. The van der Waals surface area contributed by atoms with E-state index in [1.54, 1.807) is 33.3 Å². The molecule has 0 radical (unpaired) electrons. The fourth-order valence-electron chi connectivity index (χ4n) is 2.27. The maximum atomic E-state index is 11.6. The minimum Gasteiger partial charge on any atom is -0.484 e. The van der Waals surface area contributed by atoms with E-state index in [1.807, 2.05) is 30.3 Å². The molecular weight excluding hydrogens is 399 g/mol. The number of hydrogen-bond acceptors (Lipinski definition) is 3. The summed E-state index contributed by atoms with van der Waals surface area (Å²) in [6.45, 7) is 1.08. The Morgan fingerprint density at radius 3 is 2.54 bits per heavy atom. The van der Waals surface area contributed by atoms with Crippen molar-refractivity contribution in [2.75, 3.05) is 27.7 Å². The zero-order chi connectivity index (χ0) is 20.5. The van der Waals surface area contributed by atoms with Gasteiger partial charge in [-0.15, -0.1) is 0 Å². The number of carbonyl (C=O) groups excluding carboxylic acids is 1. The number of nitrogens with zero attached hydrogens (tertiary/aromatic N) is 2. The number of rotatable bonds is 7. The molecule has 0 bridgehead atoms. The second-order valence-electron chi connectivity index (χ2n) is 6.24. The van der Waals surface area contributed by atoms with Crippen LogP contribution in [-0.2, 0) is 17.9 Å². The maximum Gasteiger partial charge on any atom is 0.259 e. The molecule has 150 valence electrons. The van der Waals surface area contributed by atoms with E-state index in [0.29, 0.717) is 34.8 Å². The Balaban J connectivity index is 1.87. The van der Waals surface area contributed by atoms with Crippen LogP contribution in [0.3, 0.4) is 0 Å². The Hall–Kier alpha value is -2.44. The molecule has 6 nitrogen and oxygen atoms in total. The van der Waals surface area contributed by atoms with Crippen molar-refractivity contribution in [3.63, 3.8) is 0 Å². The summed E-state index contributed by atoms with van der Waals surface area (Å²) in [5.74, 6) is 1.19. The Morgan fingerprint density at radius 2 is 1.86 bits per heavy atom. The molecule has 0 unspecified atom stereocenters. The van der Waals surface area contributed by atoms with Crippen molar-refractivity contribution in [1.29, 1.82) is 0 Å². The number of benzene rings is 2. The molecule has 0 spiro atoms. The van der Waals surface area contributed by atoms with Crippen LogP contribution in [0.15, 0.2) is 47.5 Å². The number of aliphatic imine (C=N–C) groups is 1. The molecule has 2 aromatic carbocycles. The molecule has 1 amide bonds. The van der Waals surface area contributed by atoms with Crippen LogP contribution < -0.4 is 15.4 Å². The summed E-state index contributed by atoms with van der Waals surface area (Å²) in [4.78, 5) is 17.3. The number of nitrogens with one attached hydrogen (secondary N) is 2. The van der Waals surface area contributed by atoms with E-state index < -0.39 is 0 Å². The molecule has 0 aliphatic heterocycles. The van der Waals surface area contributed by atoms with Crippen molar-refractivity contribution in [2.45, 2.75) is 13.1 Å². The van der Waals surface area contributed by atoms with Crippen molar-refractivity contribution in [2.24, 2.45) is 4.99 Å². The smallest absolute Gasteiger partial charge is 0.259 e. The third-order valence-corrected chi connectivity index (χ3v) is 4.49. The minimum absolute atomic E-state index is 0.00889. The number of likely N-dealkylation sites (N-methyl/N-ethyl adjacent to an activating group) is 1. The molecule has 0 fully saturated rings. The highest BCUT2D eigenvalue weighted by Crippen LogP contribution is 2.20. The maximum absolute atomic E-state index is 11.6. The molecule has 0 aromatic heterocycles. The average Bonchev–Trinajstić information content (AvgIpc) is 2.67. The highest BCUT2D eigenvalue weighted by Gasteiger charge is 2.06. The third-order valence-electron chi connectivity index (χ3n) is 3.90. The standard InChI is InChI=1S/C20H24Cl2N4O2/c1-23-20(25-12-15-7-8-16(21)10-18(15)22)24-11-14-5-4-6-17(9-14)28-13-19(27)26(2)3/h4-10H,11-13H2,1-3H3,(H2,23,24,25). The van der Waals surface area contributed by atoms with E-state index in [1.165, 1.54) is 4.90 Å². The van der Waals surface area contributed by atoms with Gasteiger partial charge in [0.2, 0.25) is 0 Å². The predicted molar refractivity (Wildman–Crippen MR) is 114 cm³/mol. The van der Waals surface area contributed by atoms with Gasteiger partial charge in [0.25, 0.3) is 5.91 Å². The fraction of sp³-hybridized carbons (Fsp3) is 0.300. The van der Waals surface area contributed by atoms with Crippen molar-refractivity contribution >= 4 is 35.1 Å². The minimum atomic E-state index is -0.0889. The van der Waals surface area contributed by atoms with Gasteiger partial charge < -0.3 is 20.3 Å². The van der Waals surface area contributed by atoms with E-state index in [2.05, 4.69) is 15.6 Å². The van der Waals surface area contributed by atoms with Gasteiger partial charge in [0.1, 0.15) is 5.75 Å². The predicted octanol–water partition coefficient (Wildman–Crippen LogP) is 3.33. The highest BCUT2D eigenvalue weighted by molar-refractivity contribution is 6.35. The summed E-state index contributed by atoms with van der Waals surface area (Å²) in [5.41, 5.74) is 1.93. The van der Waals surface area contributed by atoms with Crippen LogP contribution in [0.2, 0.25) is 10.0 Å². The summed E-state index contributed by atoms with van der Waals surface area (Å²) in [5, 5.41) is 7.66. The van der Waals surface area contributed by atoms with Crippen LogP contribution in [0.4, 0.5) is 0 Å². The van der Waals surface area contributed by atoms with Crippen LogP contribution in [-0.4, -0.2) is 44.5 Å². The molecular formula is C20H24Cl2N4O2. The quantitative estimate of drug-likeness (QED) is 0.530. The Kier molecular flexibility index (Phi) is 8.42. The molecule has 0 saturated heterocycles. The van der Waals surface area contributed by atoms with Gasteiger partial charge in [0, 0.05) is 44.3 Å². The van der Waals surface area contributed by atoms with E-state index in [4.69, 9.17) is 27.9 Å². The average molecular weight is 423 g/mol. The second kappa shape index (κ2) is 10.8. The molecule has 28 heavy (non-hydrogen) atoms. The number of hydrogen-bond donors (Lipinski definition) is 2. The number of guanidine groups is 1. The SMILES string of the molecule is CN=C(NCc1cccc(OCC(=O)N(C)C)c1)NCc1ccc(Cl)cc1Cl. The van der Waals surface area contributed by atoms with E-state index >= 15 is 0 Å². The molecule has 0 saturated carbocycles. The van der Waals surface area contributed by atoms with Crippen molar-refractivity contribution in [1.82, 2.24) is 15.5 Å². The molecule has 2 N–H and O–H groups in total. The van der Waals surface area contributed by atoms with Crippen LogP contribution in [0, 0.1) is 0 Å². The van der Waals surface area contributed by atoms with Crippen molar-refractivity contribution in [3.8, 4) is 5.75 Å². The number of carbonyl (C=O) groups is 1. The van der Waals surface area contributed by atoms with Gasteiger partial charge in [-0.3, -0.25) is 9.79 Å². The number of halogens is 2. The van der Waals surface area contributed by atoms with E-state index in [0.717, 1.165) is 11.1 Å². The summed E-state index contributed by atoms with van der Waals surface area (Å²) < 4.78 is 5.54. The first-order valence-electron chi connectivity index (χ1n) is 8.69. The fourth-order valence-corrected chi connectivity index (χ4v) is 2.75. The van der Waals surface area contributed by atoms with Gasteiger partial charge in [-0.2, -0.15) is 0 Å². The summed E-state index contributed by atoms with van der Waals surface area (Å²) in [6, 6.07) is 12.9. The molecule has 8 heteroatoms. The normalized spacial score (nSPS) is 11.1.